The molecule has 1 aromatic carbocycles. The minimum atomic E-state index is -0.310. The molecule has 0 saturated carbocycles. The molecule has 2 aromatic heterocycles. The Morgan fingerprint density at radius 1 is 1.35 bits per heavy atom. The molecule has 0 aliphatic heterocycles. The van der Waals surface area contributed by atoms with E-state index in [2.05, 4.69) is 20.5 Å². The van der Waals surface area contributed by atoms with E-state index in [1.807, 2.05) is 48.2 Å². The van der Waals surface area contributed by atoms with Gasteiger partial charge < -0.3 is 14.6 Å². The van der Waals surface area contributed by atoms with Gasteiger partial charge in [0.15, 0.2) is 10.3 Å². The molecular formula is C17H19N5O2S2. The van der Waals surface area contributed by atoms with Crippen molar-refractivity contribution in [3.05, 3.63) is 47.2 Å². The summed E-state index contributed by atoms with van der Waals surface area (Å²) in [7, 11) is 3.56. The summed E-state index contributed by atoms with van der Waals surface area (Å²) < 4.78 is 7.09. The number of carbonyl (C=O) groups excluding carboxylic acids is 1. The number of hydrogen-bond donors (Lipinski definition) is 1. The fourth-order valence-electron chi connectivity index (χ4n) is 2.23. The van der Waals surface area contributed by atoms with Crippen LogP contribution in [0.2, 0.25) is 0 Å². The average molecular weight is 390 g/mol. The van der Waals surface area contributed by atoms with Crippen molar-refractivity contribution in [1.29, 1.82) is 0 Å². The number of nitrogens with one attached hydrogen (secondary N) is 1. The molecule has 0 radical (unpaired) electrons. The number of hydrogen-bond acceptors (Lipinski definition) is 7. The zero-order valence-electron chi connectivity index (χ0n) is 14.7. The van der Waals surface area contributed by atoms with Crippen LogP contribution in [0, 0.1) is 0 Å². The van der Waals surface area contributed by atoms with E-state index in [-0.39, 0.29) is 11.2 Å². The summed E-state index contributed by atoms with van der Waals surface area (Å²) in [5.41, 5.74) is 1.12. The third-order valence-corrected chi connectivity index (χ3v) is 5.58. The Kier molecular flexibility index (Phi) is 5.89. The lowest BCUT2D eigenvalue weighted by Gasteiger charge is -2.10. The first-order valence-corrected chi connectivity index (χ1v) is 9.71. The molecule has 136 valence electrons. The number of aromatic nitrogens is 4. The molecule has 0 spiro atoms. The highest BCUT2D eigenvalue weighted by Gasteiger charge is 2.19. The molecule has 1 atom stereocenters. The summed E-state index contributed by atoms with van der Waals surface area (Å²) in [4.78, 5) is 16.3. The Balaban J connectivity index is 1.63. The van der Waals surface area contributed by atoms with Gasteiger partial charge >= 0.3 is 0 Å². The lowest BCUT2D eigenvalue weighted by Crippen LogP contribution is -2.22. The molecule has 2 heterocycles. The average Bonchev–Trinajstić information content (AvgIpc) is 3.27. The number of thioether (sulfide) groups is 1. The van der Waals surface area contributed by atoms with Crippen molar-refractivity contribution in [2.24, 2.45) is 7.05 Å². The monoisotopic (exact) mass is 389 g/mol. The standard InChI is InChI=1S/C17H19N5O2S2/c1-11(15(23)19-16-18-8-9-25-16)26-17-21-20-14(22(17)2)10-12-4-6-13(24-3)7-5-12/h4-9,11H,10H2,1-3H3,(H,18,19,23). The Morgan fingerprint density at radius 3 is 2.77 bits per heavy atom. The Labute approximate surface area is 159 Å². The van der Waals surface area contributed by atoms with Gasteiger partial charge in [-0.1, -0.05) is 23.9 Å². The molecule has 3 aromatic rings. The van der Waals surface area contributed by atoms with Gasteiger partial charge in [0.25, 0.3) is 0 Å². The van der Waals surface area contributed by atoms with Gasteiger partial charge in [0.2, 0.25) is 5.91 Å². The maximum absolute atomic E-state index is 12.2. The normalized spacial score (nSPS) is 12.0. The Morgan fingerprint density at radius 2 is 2.12 bits per heavy atom. The second-order valence-electron chi connectivity index (χ2n) is 5.57. The van der Waals surface area contributed by atoms with Crippen molar-refractivity contribution in [1.82, 2.24) is 19.7 Å². The number of benzene rings is 1. The summed E-state index contributed by atoms with van der Waals surface area (Å²) in [5.74, 6) is 1.55. The summed E-state index contributed by atoms with van der Waals surface area (Å²) in [5, 5.41) is 14.1. The maximum Gasteiger partial charge on any atom is 0.239 e. The van der Waals surface area contributed by atoms with Gasteiger partial charge in [0.1, 0.15) is 11.6 Å². The minimum Gasteiger partial charge on any atom is -0.497 e. The number of rotatable bonds is 7. The van der Waals surface area contributed by atoms with Crippen LogP contribution in [0.15, 0.2) is 41.0 Å². The number of methoxy groups -OCH3 is 1. The van der Waals surface area contributed by atoms with Crippen LogP contribution >= 0.6 is 23.1 Å². The van der Waals surface area contributed by atoms with Gasteiger partial charge in [-0.3, -0.25) is 4.79 Å². The van der Waals surface area contributed by atoms with Crippen molar-refractivity contribution in [3.63, 3.8) is 0 Å². The molecule has 9 heteroatoms. The number of amides is 1. The second kappa shape index (κ2) is 8.33. The van der Waals surface area contributed by atoms with E-state index in [1.54, 1.807) is 13.3 Å². The molecule has 1 amide bonds. The molecule has 0 aliphatic carbocycles. The van der Waals surface area contributed by atoms with Crippen LogP contribution in [-0.2, 0) is 18.3 Å². The third kappa shape index (κ3) is 4.41. The van der Waals surface area contributed by atoms with Crippen LogP contribution in [0.3, 0.4) is 0 Å². The zero-order chi connectivity index (χ0) is 18.5. The SMILES string of the molecule is COc1ccc(Cc2nnc(SC(C)C(=O)Nc3nccs3)n2C)cc1. The number of carbonyl (C=O) groups is 1. The molecule has 3 rings (SSSR count). The van der Waals surface area contributed by atoms with Crippen LogP contribution < -0.4 is 10.1 Å². The van der Waals surface area contributed by atoms with Crippen molar-refractivity contribution in [2.75, 3.05) is 12.4 Å². The zero-order valence-corrected chi connectivity index (χ0v) is 16.3. The van der Waals surface area contributed by atoms with E-state index in [4.69, 9.17) is 4.74 Å². The minimum absolute atomic E-state index is 0.107. The van der Waals surface area contributed by atoms with E-state index < -0.39 is 0 Å². The fraction of sp³-hybridized carbons (Fsp3) is 0.294. The van der Waals surface area contributed by atoms with Crippen molar-refractivity contribution in [3.8, 4) is 5.75 Å². The molecule has 0 saturated heterocycles. The van der Waals surface area contributed by atoms with Gasteiger partial charge in [0.05, 0.1) is 12.4 Å². The first-order valence-electron chi connectivity index (χ1n) is 7.95. The van der Waals surface area contributed by atoms with E-state index in [0.29, 0.717) is 16.7 Å². The highest BCUT2D eigenvalue weighted by atomic mass is 32.2. The summed E-state index contributed by atoms with van der Waals surface area (Å²) in [6.07, 6.45) is 2.32. The smallest absolute Gasteiger partial charge is 0.239 e. The molecule has 1 unspecified atom stereocenters. The topological polar surface area (TPSA) is 81.9 Å². The third-order valence-electron chi connectivity index (χ3n) is 3.76. The van der Waals surface area contributed by atoms with E-state index in [0.717, 1.165) is 17.1 Å². The second-order valence-corrected chi connectivity index (χ2v) is 7.77. The lowest BCUT2D eigenvalue weighted by molar-refractivity contribution is -0.115. The van der Waals surface area contributed by atoms with Crippen LogP contribution in [-0.4, -0.2) is 38.0 Å². The molecule has 0 aliphatic rings. The van der Waals surface area contributed by atoms with Crippen molar-refractivity contribution in [2.45, 2.75) is 23.8 Å². The van der Waals surface area contributed by atoms with E-state index in [1.165, 1.54) is 23.1 Å². The van der Waals surface area contributed by atoms with Gasteiger partial charge in [-0.15, -0.1) is 21.5 Å². The summed E-state index contributed by atoms with van der Waals surface area (Å²) in [6.45, 7) is 1.84. The quantitative estimate of drug-likeness (QED) is 0.626. The number of ether oxygens (including phenoxy) is 1. The van der Waals surface area contributed by atoms with Crippen LogP contribution in [0.25, 0.3) is 0 Å². The molecule has 26 heavy (non-hydrogen) atoms. The van der Waals surface area contributed by atoms with Crippen molar-refractivity contribution >= 4 is 34.1 Å². The van der Waals surface area contributed by atoms with Crippen LogP contribution in [0.1, 0.15) is 18.3 Å². The number of thiazole rings is 1. The molecule has 7 nitrogen and oxygen atoms in total. The summed E-state index contributed by atoms with van der Waals surface area (Å²) >= 11 is 2.76. The fourth-order valence-corrected chi connectivity index (χ4v) is 3.60. The number of nitrogens with zero attached hydrogens (tertiary/aromatic N) is 4. The lowest BCUT2D eigenvalue weighted by atomic mass is 10.1. The van der Waals surface area contributed by atoms with Crippen LogP contribution in [0.5, 0.6) is 5.75 Å². The Bertz CT molecular complexity index is 862. The molecule has 1 N–H and O–H groups in total. The Hall–Kier alpha value is -2.39. The van der Waals surface area contributed by atoms with Crippen molar-refractivity contribution < 1.29 is 9.53 Å². The van der Waals surface area contributed by atoms with E-state index in [9.17, 15) is 4.79 Å². The molecule has 0 bridgehead atoms. The van der Waals surface area contributed by atoms with Gasteiger partial charge in [-0.05, 0) is 24.6 Å². The predicted octanol–water partition coefficient (Wildman–Crippen LogP) is 2.99. The first-order chi connectivity index (χ1) is 12.6. The van der Waals surface area contributed by atoms with Crippen LogP contribution in [0.4, 0.5) is 5.13 Å². The summed E-state index contributed by atoms with van der Waals surface area (Å²) in [6, 6.07) is 7.85. The van der Waals surface area contributed by atoms with E-state index >= 15 is 0 Å². The highest BCUT2D eigenvalue weighted by molar-refractivity contribution is 8.00. The van der Waals surface area contributed by atoms with Gasteiger partial charge in [-0.2, -0.15) is 0 Å². The molecule has 0 fully saturated rings. The predicted molar refractivity (Wildman–Crippen MR) is 103 cm³/mol. The number of anilines is 1. The highest BCUT2D eigenvalue weighted by Crippen LogP contribution is 2.24. The molecular weight excluding hydrogens is 370 g/mol. The largest absolute Gasteiger partial charge is 0.497 e. The maximum atomic E-state index is 12.2. The van der Waals surface area contributed by atoms with Gasteiger partial charge in [0, 0.05) is 25.0 Å². The van der Waals surface area contributed by atoms with Gasteiger partial charge in [-0.25, -0.2) is 4.98 Å². The first kappa shape index (κ1) is 18.4.